The van der Waals surface area contributed by atoms with E-state index in [1.54, 1.807) is 0 Å². The van der Waals surface area contributed by atoms with E-state index in [0.717, 1.165) is 32.0 Å². The smallest absolute Gasteiger partial charge is 0.270 e. The van der Waals surface area contributed by atoms with E-state index < -0.39 is 34.6 Å². The zero-order chi connectivity index (χ0) is 14.1. The van der Waals surface area contributed by atoms with Crippen LogP contribution in [0.2, 0.25) is 0 Å². The van der Waals surface area contributed by atoms with Crippen LogP contribution in [0.15, 0.2) is 18.2 Å². The molecule has 1 aromatic carbocycles. The lowest BCUT2D eigenvalue weighted by molar-refractivity contribution is -0.125. The van der Waals surface area contributed by atoms with Gasteiger partial charge >= 0.3 is 0 Å². The summed E-state index contributed by atoms with van der Waals surface area (Å²) in [5, 5.41) is 1.94. The van der Waals surface area contributed by atoms with Crippen molar-refractivity contribution in [2.24, 2.45) is 0 Å². The van der Waals surface area contributed by atoms with Gasteiger partial charge < -0.3 is 5.32 Å². The van der Waals surface area contributed by atoms with Gasteiger partial charge in [0.1, 0.15) is 5.82 Å². The average Bonchev–Trinajstić information content (AvgIpc) is 2.18. The molecule has 0 bridgehead atoms. The maximum atomic E-state index is 13.3. The van der Waals surface area contributed by atoms with Gasteiger partial charge in [0.25, 0.3) is 11.8 Å². The molecule has 0 spiro atoms. The van der Waals surface area contributed by atoms with E-state index >= 15 is 0 Å². The van der Waals surface area contributed by atoms with Gasteiger partial charge in [0.15, 0.2) is 5.67 Å². The first-order chi connectivity index (χ1) is 8.01. The lowest BCUT2D eigenvalue weighted by atomic mass is 10.1. The zero-order valence-electron chi connectivity index (χ0n) is 10.2. The summed E-state index contributed by atoms with van der Waals surface area (Å²) in [6, 6.07) is 2.50. The van der Waals surface area contributed by atoms with Gasteiger partial charge in [-0.3, -0.25) is 4.79 Å². The molecular weight excluding hydrogens is 250 g/mol. The van der Waals surface area contributed by atoms with Crippen LogP contribution >= 0.6 is 0 Å². The van der Waals surface area contributed by atoms with E-state index in [1.165, 1.54) is 0 Å². The van der Waals surface area contributed by atoms with Crippen molar-refractivity contribution in [2.75, 3.05) is 5.32 Å². The van der Waals surface area contributed by atoms with Crippen LogP contribution in [-0.2, 0) is 10.7 Å². The minimum Gasteiger partial charge on any atom is -0.321 e. The molecule has 1 N–H and O–H groups in total. The van der Waals surface area contributed by atoms with Crippen molar-refractivity contribution in [2.45, 2.75) is 32.4 Å². The molecule has 1 rings (SSSR count). The van der Waals surface area contributed by atoms with Gasteiger partial charge in [0.2, 0.25) is 0 Å². The summed E-state index contributed by atoms with van der Waals surface area (Å²) in [6.45, 7) is 2.61. The van der Waals surface area contributed by atoms with Gasteiger partial charge in [-0.2, -0.15) is 0 Å². The quantitative estimate of drug-likeness (QED) is 0.829. The van der Waals surface area contributed by atoms with Crippen LogP contribution in [0.5, 0.6) is 0 Å². The standard InChI is InChI=1S/C12H13F4NO/c1-11(2,14)10(18)17-9-6-7(12(3,15)16)4-5-8(9)13/h4-6H,1-3H3,(H,17,18). The number of carbonyl (C=O) groups excluding carboxylic acids is 1. The molecule has 100 valence electrons. The third-order valence-corrected chi connectivity index (χ3v) is 2.26. The second kappa shape index (κ2) is 4.59. The number of anilines is 1. The zero-order valence-corrected chi connectivity index (χ0v) is 10.2. The van der Waals surface area contributed by atoms with Crippen LogP contribution in [-0.4, -0.2) is 11.6 Å². The molecule has 1 aromatic rings. The fourth-order valence-electron chi connectivity index (χ4n) is 1.17. The van der Waals surface area contributed by atoms with E-state index in [4.69, 9.17) is 0 Å². The Morgan fingerprint density at radius 3 is 2.17 bits per heavy atom. The summed E-state index contributed by atoms with van der Waals surface area (Å²) in [5.41, 5.74) is -3.16. The molecule has 0 atom stereocenters. The highest BCUT2D eigenvalue weighted by molar-refractivity contribution is 5.96. The minimum atomic E-state index is -3.17. The number of halogens is 4. The lowest BCUT2D eigenvalue weighted by Crippen LogP contribution is -2.33. The molecule has 0 aliphatic heterocycles. The van der Waals surface area contributed by atoms with Gasteiger partial charge in [-0.05, 0) is 26.0 Å². The molecule has 0 saturated heterocycles. The monoisotopic (exact) mass is 263 g/mol. The van der Waals surface area contributed by atoms with Crippen LogP contribution in [0.3, 0.4) is 0 Å². The van der Waals surface area contributed by atoms with Crippen molar-refractivity contribution < 1.29 is 22.4 Å². The molecule has 0 aliphatic carbocycles. The molecule has 0 fully saturated rings. The number of benzene rings is 1. The van der Waals surface area contributed by atoms with E-state index in [0.29, 0.717) is 6.92 Å². The van der Waals surface area contributed by atoms with Gasteiger partial charge in [-0.25, -0.2) is 17.6 Å². The van der Waals surface area contributed by atoms with Crippen LogP contribution in [0, 0.1) is 5.82 Å². The highest BCUT2D eigenvalue weighted by Gasteiger charge is 2.29. The van der Waals surface area contributed by atoms with Crippen LogP contribution in [0.1, 0.15) is 26.3 Å². The van der Waals surface area contributed by atoms with Crippen LogP contribution < -0.4 is 5.32 Å². The molecule has 0 unspecified atom stereocenters. The Balaban J connectivity index is 3.06. The maximum Gasteiger partial charge on any atom is 0.270 e. The van der Waals surface area contributed by atoms with Crippen molar-refractivity contribution in [1.82, 2.24) is 0 Å². The van der Waals surface area contributed by atoms with Crippen LogP contribution in [0.4, 0.5) is 23.2 Å². The molecule has 6 heteroatoms. The highest BCUT2D eigenvalue weighted by atomic mass is 19.3. The van der Waals surface area contributed by atoms with Crippen molar-refractivity contribution >= 4 is 11.6 Å². The second-order valence-electron chi connectivity index (χ2n) is 4.51. The third kappa shape index (κ3) is 3.45. The number of amides is 1. The van der Waals surface area contributed by atoms with Gasteiger partial charge in [-0.15, -0.1) is 0 Å². The fraction of sp³-hybridized carbons (Fsp3) is 0.417. The number of carbonyl (C=O) groups is 1. The molecule has 0 saturated carbocycles. The Morgan fingerprint density at radius 2 is 1.72 bits per heavy atom. The molecule has 0 aliphatic rings. The maximum absolute atomic E-state index is 13.3. The number of nitrogens with one attached hydrogen (secondary N) is 1. The summed E-state index contributed by atoms with van der Waals surface area (Å²) in [5.74, 6) is -5.17. The van der Waals surface area contributed by atoms with E-state index in [1.807, 2.05) is 5.32 Å². The number of hydrogen-bond acceptors (Lipinski definition) is 1. The summed E-state index contributed by atoms with van der Waals surface area (Å²) in [4.78, 5) is 11.3. The average molecular weight is 263 g/mol. The van der Waals surface area contributed by atoms with Crippen LogP contribution in [0.25, 0.3) is 0 Å². The largest absolute Gasteiger partial charge is 0.321 e. The summed E-state index contributed by atoms with van der Waals surface area (Å²) in [6.07, 6.45) is 0. The van der Waals surface area contributed by atoms with Crippen molar-refractivity contribution in [1.29, 1.82) is 0 Å². The normalized spacial score (nSPS) is 12.4. The predicted molar refractivity (Wildman–Crippen MR) is 59.8 cm³/mol. The first kappa shape index (κ1) is 14.5. The fourth-order valence-corrected chi connectivity index (χ4v) is 1.17. The Labute approximate surface area is 102 Å². The van der Waals surface area contributed by atoms with Gasteiger partial charge in [0, 0.05) is 12.5 Å². The first-order valence-electron chi connectivity index (χ1n) is 5.20. The number of hydrogen-bond donors (Lipinski definition) is 1. The molecule has 2 nitrogen and oxygen atoms in total. The minimum absolute atomic E-state index is 0.462. The molecule has 0 radical (unpaired) electrons. The van der Waals surface area contributed by atoms with Crippen molar-refractivity contribution in [3.63, 3.8) is 0 Å². The van der Waals surface area contributed by atoms with E-state index in [9.17, 15) is 22.4 Å². The highest BCUT2D eigenvalue weighted by Crippen LogP contribution is 2.30. The Morgan fingerprint density at radius 1 is 1.17 bits per heavy atom. The molecular formula is C12H13F4NO. The summed E-state index contributed by atoms with van der Waals surface area (Å²) >= 11 is 0. The Kier molecular flexibility index (Phi) is 3.69. The van der Waals surface area contributed by atoms with E-state index in [-0.39, 0.29) is 0 Å². The lowest BCUT2D eigenvalue weighted by Gasteiger charge is -2.16. The molecule has 0 aromatic heterocycles. The molecule has 0 heterocycles. The Hall–Kier alpha value is -1.59. The number of alkyl halides is 3. The SMILES string of the molecule is CC(C)(F)C(=O)Nc1cc(C(C)(F)F)ccc1F. The molecule has 1 amide bonds. The summed E-state index contributed by atoms with van der Waals surface area (Å²) < 4.78 is 52.6. The van der Waals surface area contributed by atoms with Crippen molar-refractivity contribution in [3.05, 3.63) is 29.6 Å². The third-order valence-electron chi connectivity index (χ3n) is 2.26. The predicted octanol–water partition coefficient (Wildman–Crippen LogP) is 3.62. The van der Waals surface area contributed by atoms with E-state index in [2.05, 4.69) is 0 Å². The van der Waals surface area contributed by atoms with Gasteiger partial charge in [0.05, 0.1) is 5.69 Å². The Bertz CT molecular complexity index is 460. The first-order valence-corrected chi connectivity index (χ1v) is 5.20. The van der Waals surface area contributed by atoms with Gasteiger partial charge in [-0.1, -0.05) is 6.07 Å². The second-order valence-corrected chi connectivity index (χ2v) is 4.51. The summed E-state index contributed by atoms with van der Waals surface area (Å²) in [7, 11) is 0. The topological polar surface area (TPSA) is 29.1 Å². The van der Waals surface area contributed by atoms with Crippen molar-refractivity contribution in [3.8, 4) is 0 Å². The molecule has 18 heavy (non-hydrogen) atoms. The number of rotatable bonds is 3.